The van der Waals surface area contributed by atoms with Gasteiger partial charge in [0.05, 0.1) is 6.04 Å². The predicted molar refractivity (Wildman–Crippen MR) is 90.3 cm³/mol. The molecule has 0 amide bonds. The fraction of sp³-hybridized carbons (Fsp3) is 0.444. The van der Waals surface area contributed by atoms with Crippen molar-refractivity contribution in [1.82, 2.24) is 4.90 Å². The van der Waals surface area contributed by atoms with Gasteiger partial charge in [-0.3, -0.25) is 4.90 Å². The topological polar surface area (TPSA) is 29.3 Å². The summed E-state index contributed by atoms with van der Waals surface area (Å²) >= 11 is 1.84. The maximum atomic E-state index is 6.49. The molecule has 1 aliphatic carbocycles. The van der Waals surface area contributed by atoms with Crippen molar-refractivity contribution in [2.75, 3.05) is 0 Å². The summed E-state index contributed by atoms with van der Waals surface area (Å²) in [5, 5.41) is 2.16. The largest absolute Gasteiger partial charge is 0.326 e. The molecule has 0 aliphatic heterocycles. The van der Waals surface area contributed by atoms with Gasteiger partial charge >= 0.3 is 0 Å². The smallest absolute Gasteiger partial charge is 0.0598 e. The van der Waals surface area contributed by atoms with E-state index in [0.29, 0.717) is 12.1 Å². The van der Waals surface area contributed by atoms with Crippen LogP contribution in [0.2, 0.25) is 0 Å². The molecule has 0 bridgehead atoms. The summed E-state index contributed by atoms with van der Waals surface area (Å²) in [7, 11) is 0. The zero-order valence-electron chi connectivity index (χ0n) is 12.6. The summed E-state index contributed by atoms with van der Waals surface area (Å²) in [6, 6.07) is 16.4. The van der Waals surface area contributed by atoms with Gasteiger partial charge in [0, 0.05) is 23.5 Å². The van der Waals surface area contributed by atoms with E-state index in [1.165, 1.54) is 23.3 Å². The zero-order valence-corrected chi connectivity index (χ0v) is 13.4. The first-order valence-corrected chi connectivity index (χ1v) is 8.76. The predicted octanol–water partition coefficient (Wildman–Crippen LogP) is 4.19. The second-order valence-corrected chi connectivity index (χ2v) is 6.90. The molecule has 0 radical (unpaired) electrons. The Morgan fingerprint density at radius 3 is 2.52 bits per heavy atom. The van der Waals surface area contributed by atoms with Crippen LogP contribution in [0.5, 0.6) is 0 Å². The van der Waals surface area contributed by atoms with Crippen molar-refractivity contribution >= 4 is 11.3 Å². The molecule has 0 saturated heterocycles. The maximum absolute atomic E-state index is 6.49. The highest BCUT2D eigenvalue weighted by Gasteiger charge is 2.37. The Balaban J connectivity index is 1.86. The number of nitrogens with two attached hydrogens (primary N) is 1. The van der Waals surface area contributed by atoms with Crippen molar-refractivity contribution in [3.63, 3.8) is 0 Å². The van der Waals surface area contributed by atoms with Crippen LogP contribution in [0.15, 0.2) is 47.8 Å². The van der Waals surface area contributed by atoms with E-state index in [0.717, 1.165) is 13.0 Å². The molecule has 0 spiro atoms. The third-order valence-corrected chi connectivity index (χ3v) is 5.24. The fourth-order valence-corrected chi connectivity index (χ4v) is 3.88. The molecule has 1 heterocycles. The van der Waals surface area contributed by atoms with Crippen LogP contribution >= 0.6 is 11.3 Å². The molecule has 1 aromatic heterocycles. The molecule has 2 nitrogen and oxygen atoms in total. The quantitative estimate of drug-likeness (QED) is 0.830. The Morgan fingerprint density at radius 1 is 1.19 bits per heavy atom. The molecule has 2 N–H and O–H groups in total. The summed E-state index contributed by atoms with van der Waals surface area (Å²) < 4.78 is 0. The van der Waals surface area contributed by atoms with Crippen molar-refractivity contribution in [3.05, 3.63) is 58.3 Å². The number of benzene rings is 1. The van der Waals surface area contributed by atoms with Crippen molar-refractivity contribution in [1.29, 1.82) is 0 Å². The highest BCUT2D eigenvalue weighted by atomic mass is 32.1. The van der Waals surface area contributed by atoms with Crippen LogP contribution in [0.25, 0.3) is 0 Å². The van der Waals surface area contributed by atoms with E-state index < -0.39 is 0 Å². The van der Waals surface area contributed by atoms with Crippen LogP contribution in [0.3, 0.4) is 0 Å². The van der Waals surface area contributed by atoms with Gasteiger partial charge in [0.25, 0.3) is 0 Å². The number of nitrogens with zero attached hydrogens (tertiary/aromatic N) is 1. The average molecular weight is 300 g/mol. The monoisotopic (exact) mass is 300 g/mol. The first kappa shape index (κ1) is 14.8. The standard InChI is InChI=1S/C18H24N2S/c1-2-16(19)18(17-9-6-12-21-17)20(15-10-11-15)13-14-7-4-3-5-8-14/h3-9,12,15-16,18H,2,10-11,13,19H2,1H3. The number of hydrogen-bond donors (Lipinski definition) is 1. The second kappa shape index (κ2) is 6.73. The van der Waals surface area contributed by atoms with Gasteiger partial charge < -0.3 is 5.73 Å². The third kappa shape index (κ3) is 3.54. The molecule has 1 saturated carbocycles. The summed E-state index contributed by atoms with van der Waals surface area (Å²) in [5.74, 6) is 0. The number of rotatable bonds is 7. The highest BCUT2D eigenvalue weighted by Crippen LogP contribution is 2.39. The van der Waals surface area contributed by atoms with E-state index in [1.807, 2.05) is 11.3 Å². The van der Waals surface area contributed by atoms with Crippen LogP contribution in [0.4, 0.5) is 0 Å². The van der Waals surface area contributed by atoms with Gasteiger partial charge in [-0.25, -0.2) is 0 Å². The molecule has 2 aromatic rings. The third-order valence-electron chi connectivity index (χ3n) is 4.29. The summed E-state index contributed by atoms with van der Waals surface area (Å²) in [6.45, 7) is 3.20. The average Bonchev–Trinajstić information content (AvgIpc) is 3.23. The lowest BCUT2D eigenvalue weighted by Crippen LogP contribution is -2.41. The SMILES string of the molecule is CCC(N)C(c1cccs1)N(Cc1ccccc1)C1CC1. The molecular weight excluding hydrogens is 276 g/mol. The van der Waals surface area contributed by atoms with Crippen molar-refractivity contribution in [2.45, 2.75) is 50.9 Å². The Bertz CT molecular complexity index is 534. The number of thiophene rings is 1. The minimum Gasteiger partial charge on any atom is -0.326 e. The fourth-order valence-electron chi connectivity index (χ4n) is 2.96. The number of hydrogen-bond acceptors (Lipinski definition) is 3. The van der Waals surface area contributed by atoms with Crippen molar-refractivity contribution < 1.29 is 0 Å². The molecule has 3 heteroatoms. The maximum Gasteiger partial charge on any atom is 0.0598 e. The Labute approximate surface area is 131 Å². The van der Waals surface area contributed by atoms with Gasteiger partial charge in [-0.2, -0.15) is 0 Å². The van der Waals surface area contributed by atoms with Crippen molar-refractivity contribution in [3.8, 4) is 0 Å². The van der Waals surface area contributed by atoms with Crippen molar-refractivity contribution in [2.24, 2.45) is 5.73 Å². The Morgan fingerprint density at radius 2 is 1.95 bits per heavy atom. The van der Waals surface area contributed by atoms with E-state index >= 15 is 0 Å². The second-order valence-electron chi connectivity index (χ2n) is 5.92. The summed E-state index contributed by atoms with van der Waals surface area (Å²) in [4.78, 5) is 4.04. The van der Waals surface area contributed by atoms with E-state index in [2.05, 4.69) is 59.7 Å². The van der Waals surface area contributed by atoms with E-state index in [9.17, 15) is 0 Å². The molecule has 21 heavy (non-hydrogen) atoms. The highest BCUT2D eigenvalue weighted by molar-refractivity contribution is 7.10. The van der Waals surface area contributed by atoms with Crippen LogP contribution in [0.1, 0.15) is 42.7 Å². The summed E-state index contributed by atoms with van der Waals surface area (Å²) in [5.41, 5.74) is 7.88. The molecule has 112 valence electrons. The van der Waals surface area contributed by atoms with Crippen LogP contribution < -0.4 is 5.73 Å². The van der Waals surface area contributed by atoms with Gasteiger partial charge in [-0.15, -0.1) is 11.3 Å². The van der Waals surface area contributed by atoms with Crippen LogP contribution in [0, 0.1) is 0 Å². The lowest BCUT2D eigenvalue weighted by Gasteiger charge is -2.35. The van der Waals surface area contributed by atoms with Crippen LogP contribution in [-0.2, 0) is 6.54 Å². The van der Waals surface area contributed by atoms with Crippen LogP contribution in [-0.4, -0.2) is 17.0 Å². The first-order valence-electron chi connectivity index (χ1n) is 7.88. The minimum atomic E-state index is 0.202. The zero-order chi connectivity index (χ0) is 14.7. The van der Waals surface area contributed by atoms with Gasteiger partial charge in [0.15, 0.2) is 0 Å². The van der Waals surface area contributed by atoms with Gasteiger partial charge in [0.1, 0.15) is 0 Å². The molecule has 3 rings (SSSR count). The molecule has 1 aliphatic rings. The van der Waals surface area contributed by atoms with Gasteiger partial charge in [-0.1, -0.05) is 43.3 Å². The Kier molecular flexibility index (Phi) is 4.73. The molecule has 2 atom stereocenters. The normalized spacial score (nSPS) is 17.9. The molecular formula is C18H24N2S. The summed E-state index contributed by atoms with van der Waals surface area (Å²) in [6.07, 6.45) is 3.64. The molecule has 1 fully saturated rings. The molecule has 2 unspecified atom stereocenters. The van der Waals surface area contributed by atoms with E-state index in [-0.39, 0.29) is 6.04 Å². The van der Waals surface area contributed by atoms with Gasteiger partial charge in [-0.05, 0) is 36.3 Å². The van der Waals surface area contributed by atoms with Gasteiger partial charge in [0.2, 0.25) is 0 Å². The van der Waals surface area contributed by atoms with E-state index in [4.69, 9.17) is 5.73 Å². The lowest BCUT2D eigenvalue weighted by atomic mass is 10.0. The lowest BCUT2D eigenvalue weighted by molar-refractivity contribution is 0.153. The molecule has 1 aromatic carbocycles. The first-order chi connectivity index (χ1) is 10.3. The van der Waals surface area contributed by atoms with E-state index in [1.54, 1.807) is 0 Å². The minimum absolute atomic E-state index is 0.202. The Hall–Kier alpha value is -1.16.